The lowest BCUT2D eigenvalue weighted by Crippen LogP contribution is -2.55. The molecule has 0 spiro atoms. The Morgan fingerprint density at radius 2 is 2.25 bits per heavy atom. The summed E-state index contributed by atoms with van der Waals surface area (Å²) in [6.45, 7) is 0. The summed E-state index contributed by atoms with van der Waals surface area (Å²) in [7, 11) is 0. The average Bonchev–Trinajstić information content (AvgIpc) is 2.24. The van der Waals surface area contributed by atoms with E-state index >= 15 is 0 Å². The normalized spacial score (nSPS) is 17.6. The van der Waals surface area contributed by atoms with Crippen molar-refractivity contribution in [3.63, 3.8) is 0 Å². The van der Waals surface area contributed by atoms with Crippen molar-refractivity contribution in [2.45, 2.75) is 24.8 Å². The highest BCUT2D eigenvalue weighted by Crippen LogP contribution is 2.33. The van der Waals surface area contributed by atoms with Gasteiger partial charge in [-0.1, -0.05) is 11.6 Å². The summed E-state index contributed by atoms with van der Waals surface area (Å²) in [5.41, 5.74) is 0.153. The smallest absolute Gasteiger partial charge is 0.270 e. The van der Waals surface area contributed by atoms with Gasteiger partial charge in [0.1, 0.15) is 5.69 Å². The number of nitrogens with zero attached hydrogens (tertiary/aromatic N) is 1. The largest absolute Gasteiger partial charge is 0.344 e. The Labute approximate surface area is 104 Å². The third kappa shape index (κ3) is 2.30. The Balaban J connectivity index is 2.05. The lowest BCUT2D eigenvalue weighted by Gasteiger charge is -2.40. The minimum Gasteiger partial charge on any atom is -0.344 e. The Bertz CT molecular complexity index is 382. The lowest BCUT2D eigenvalue weighted by molar-refractivity contribution is 0.0848. The molecule has 0 aliphatic heterocycles. The van der Waals surface area contributed by atoms with Crippen molar-refractivity contribution in [2.24, 2.45) is 0 Å². The molecule has 2 rings (SSSR count). The first-order valence-electron chi connectivity index (χ1n) is 5.15. The van der Waals surface area contributed by atoms with E-state index in [4.69, 9.17) is 23.2 Å². The number of aromatic nitrogens is 1. The minimum absolute atomic E-state index is 0.183. The van der Waals surface area contributed by atoms with Crippen molar-refractivity contribution in [3.8, 4) is 0 Å². The molecule has 1 aliphatic carbocycles. The molecule has 1 amide bonds. The van der Waals surface area contributed by atoms with Crippen LogP contribution in [0, 0.1) is 0 Å². The van der Waals surface area contributed by atoms with Crippen LogP contribution in [0.2, 0.25) is 5.02 Å². The molecule has 16 heavy (non-hydrogen) atoms. The van der Waals surface area contributed by atoms with Crippen LogP contribution in [0.3, 0.4) is 0 Å². The summed E-state index contributed by atoms with van der Waals surface area (Å²) in [6.07, 6.45) is 4.46. The number of amides is 1. The number of hydrogen-bond acceptors (Lipinski definition) is 2. The molecule has 0 saturated heterocycles. The summed E-state index contributed by atoms with van der Waals surface area (Å²) < 4.78 is 0. The van der Waals surface area contributed by atoms with E-state index in [0.29, 0.717) is 16.6 Å². The van der Waals surface area contributed by atoms with Gasteiger partial charge in [-0.3, -0.25) is 4.79 Å². The molecule has 1 aliphatic rings. The highest BCUT2D eigenvalue weighted by atomic mass is 35.5. The zero-order valence-corrected chi connectivity index (χ0v) is 10.2. The van der Waals surface area contributed by atoms with Crippen molar-refractivity contribution in [1.82, 2.24) is 10.3 Å². The summed E-state index contributed by atoms with van der Waals surface area (Å²) in [6, 6.07) is 3.26. The first-order valence-corrected chi connectivity index (χ1v) is 6.06. The first-order chi connectivity index (χ1) is 7.65. The second-order valence-corrected chi connectivity index (χ2v) is 4.79. The fourth-order valence-electron chi connectivity index (χ4n) is 1.71. The molecular weight excluding hydrogens is 247 g/mol. The van der Waals surface area contributed by atoms with Gasteiger partial charge in [0.2, 0.25) is 0 Å². The van der Waals surface area contributed by atoms with Crippen LogP contribution < -0.4 is 5.32 Å². The van der Waals surface area contributed by atoms with E-state index in [0.717, 1.165) is 19.3 Å². The van der Waals surface area contributed by atoms with E-state index in [1.165, 1.54) is 6.20 Å². The molecule has 1 aromatic rings. The molecule has 1 fully saturated rings. The average molecular weight is 259 g/mol. The van der Waals surface area contributed by atoms with Gasteiger partial charge in [0, 0.05) is 12.1 Å². The van der Waals surface area contributed by atoms with Crippen molar-refractivity contribution < 1.29 is 4.79 Å². The maximum absolute atomic E-state index is 11.8. The quantitative estimate of drug-likeness (QED) is 0.848. The fourth-order valence-corrected chi connectivity index (χ4v) is 2.16. The Morgan fingerprint density at radius 3 is 2.69 bits per heavy atom. The predicted molar refractivity (Wildman–Crippen MR) is 64.0 cm³/mol. The van der Waals surface area contributed by atoms with Gasteiger partial charge >= 0.3 is 0 Å². The standard InChI is InChI=1S/C11H12Cl2N2O/c12-7-11(4-1-5-11)15-10(16)9-3-2-8(13)6-14-9/h2-3,6H,1,4-5,7H2,(H,15,16). The van der Waals surface area contributed by atoms with Gasteiger partial charge in [-0.15, -0.1) is 11.6 Å². The maximum Gasteiger partial charge on any atom is 0.270 e. The van der Waals surface area contributed by atoms with Crippen LogP contribution in [-0.2, 0) is 0 Å². The number of carbonyl (C=O) groups excluding carboxylic acids is 1. The molecular formula is C11H12Cl2N2O. The van der Waals surface area contributed by atoms with E-state index in [1.54, 1.807) is 12.1 Å². The van der Waals surface area contributed by atoms with Gasteiger partial charge in [-0.05, 0) is 31.4 Å². The van der Waals surface area contributed by atoms with E-state index in [-0.39, 0.29) is 11.4 Å². The van der Waals surface area contributed by atoms with Crippen LogP contribution in [0.25, 0.3) is 0 Å². The molecule has 1 N–H and O–H groups in total. The highest BCUT2D eigenvalue weighted by Gasteiger charge is 2.37. The maximum atomic E-state index is 11.8. The molecule has 86 valence electrons. The van der Waals surface area contributed by atoms with E-state index in [9.17, 15) is 4.79 Å². The Morgan fingerprint density at radius 1 is 1.50 bits per heavy atom. The summed E-state index contributed by atoms with van der Waals surface area (Å²) >= 11 is 11.6. The van der Waals surface area contributed by atoms with E-state index in [2.05, 4.69) is 10.3 Å². The molecule has 1 saturated carbocycles. The second-order valence-electron chi connectivity index (χ2n) is 4.08. The van der Waals surface area contributed by atoms with Crippen LogP contribution in [0.4, 0.5) is 0 Å². The van der Waals surface area contributed by atoms with Crippen molar-refractivity contribution in [1.29, 1.82) is 0 Å². The summed E-state index contributed by atoms with van der Waals surface area (Å²) in [5.74, 6) is 0.267. The van der Waals surface area contributed by atoms with Crippen LogP contribution in [0.5, 0.6) is 0 Å². The SMILES string of the molecule is O=C(NC1(CCl)CCC1)c1ccc(Cl)cn1. The number of halogens is 2. The highest BCUT2D eigenvalue weighted by molar-refractivity contribution is 6.30. The van der Waals surface area contributed by atoms with Gasteiger partial charge in [0.05, 0.1) is 10.6 Å². The fraction of sp³-hybridized carbons (Fsp3) is 0.455. The summed E-state index contributed by atoms with van der Waals surface area (Å²) in [5, 5.41) is 3.46. The first kappa shape index (κ1) is 11.7. The Hall–Kier alpha value is -0.800. The van der Waals surface area contributed by atoms with Crippen LogP contribution >= 0.6 is 23.2 Å². The lowest BCUT2D eigenvalue weighted by atomic mass is 9.78. The van der Waals surface area contributed by atoms with Crippen molar-refractivity contribution in [3.05, 3.63) is 29.0 Å². The van der Waals surface area contributed by atoms with E-state index < -0.39 is 0 Å². The molecule has 1 heterocycles. The third-order valence-corrected chi connectivity index (χ3v) is 3.64. The van der Waals surface area contributed by atoms with Gasteiger partial charge in [-0.25, -0.2) is 4.98 Å². The molecule has 0 radical (unpaired) electrons. The van der Waals surface area contributed by atoms with Gasteiger partial charge < -0.3 is 5.32 Å². The number of rotatable bonds is 3. The van der Waals surface area contributed by atoms with Gasteiger partial charge in [0.15, 0.2) is 0 Å². The minimum atomic E-state index is -0.222. The van der Waals surface area contributed by atoms with Crippen molar-refractivity contribution in [2.75, 3.05) is 5.88 Å². The predicted octanol–water partition coefficient (Wildman–Crippen LogP) is 2.63. The van der Waals surface area contributed by atoms with Crippen LogP contribution in [0.1, 0.15) is 29.8 Å². The van der Waals surface area contributed by atoms with Gasteiger partial charge in [0.25, 0.3) is 5.91 Å². The molecule has 3 nitrogen and oxygen atoms in total. The second kappa shape index (κ2) is 4.60. The van der Waals surface area contributed by atoms with Gasteiger partial charge in [-0.2, -0.15) is 0 Å². The van der Waals surface area contributed by atoms with E-state index in [1.807, 2.05) is 0 Å². The number of pyridine rings is 1. The Kier molecular flexibility index (Phi) is 3.36. The molecule has 1 aromatic heterocycles. The van der Waals surface area contributed by atoms with Crippen LogP contribution in [0.15, 0.2) is 18.3 Å². The summed E-state index contributed by atoms with van der Waals surface area (Å²) in [4.78, 5) is 15.8. The number of alkyl halides is 1. The molecule has 0 atom stereocenters. The topological polar surface area (TPSA) is 42.0 Å². The number of carbonyl (C=O) groups is 1. The zero-order valence-electron chi connectivity index (χ0n) is 8.67. The van der Waals surface area contributed by atoms with Crippen molar-refractivity contribution >= 4 is 29.1 Å². The van der Waals surface area contributed by atoms with Crippen LogP contribution in [-0.4, -0.2) is 22.3 Å². The zero-order chi connectivity index (χ0) is 11.6. The molecule has 0 aromatic carbocycles. The molecule has 0 unspecified atom stereocenters. The molecule has 5 heteroatoms. The third-order valence-electron chi connectivity index (χ3n) is 2.91. The number of nitrogens with one attached hydrogen (secondary N) is 1. The number of hydrogen-bond donors (Lipinski definition) is 1. The molecule has 0 bridgehead atoms. The monoisotopic (exact) mass is 258 g/mol.